The molecule has 0 spiro atoms. The van der Waals surface area contributed by atoms with Gasteiger partial charge in [0.15, 0.2) is 12.1 Å². The van der Waals surface area contributed by atoms with Gasteiger partial charge < -0.3 is 9.84 Å². The summed E-state index contributed by atoms with van der Waals surface area (Å²) in [6.07, 6.45) is 1.17. The largest absolute Gasteiger partial charge is 0.365 e. The second-order valence-electron chi connectivity index (χ2n) is 3.91. The number of hydrogen-bond acceptors (Lipinski definition) is 3. The molecule has 16 heavy (non-hydrogen) atoms. The molecule has 1 aromatic carbocycles. The first-order valence-electron chi connectivity index (χ1n) is 5.29. The molecular weight excluding hydrogens is 204 g/mol. The van der Waals surface area contributed by atoms with Gasteiger partial charge in [0.25, 0.3) is 0 Å². The number of hydrogen-bond donors (Lipinski definition) is 1. The van der Waals surface area contributed by atoms with Gasteiger partial charge in [-0.15, -0.1) is 0 Å². The summed E-state index contributed by atoms with van der Waals surface area (Å²) in [5.41, 5.74) is 1.03. The Bertz CT molecular complexity index is 397. The second-order valence-corrected chi connectivity index (χ2v) is 3.91. The molecule has 3 heteroatoms. The smallest absolute Gasteiger partial charge is 0.184 e. The molecule has 84 valence electrons. The third kappa shape index (κ3) is 2.21. The quantitative estimate of drug-likeness (QED) is 0.820. The molecule has 2 rings (SSSR count). The van der Waals surface area contributed by atoms with E-state index in [9.17, 15) is 9.90 Å². The summed E-state index contributed by atoms with van der Waals surface area (Å²) in [5, 5.41) is 9.33. The van der Waals surface area contributed by atoms with Gasteiger partial charge in [-0.25, -0.2) is 0 Å². The topological polar surface area (TPSA) is 46.5 Å². The number of carbonyl (C=O) groups is 1. The molecule has 1 N–H and O–H groups in total. The zero-order valence-corrected chi connectivity index (χ0v) is 9.04. The van der Waals surface area contributed by atoms with Crippen LogP contribution in [0.2, 0.25) is 0 Å². The zero-order valence-electron chi connectivity index (χ0n) is 9.04. The molecule has 0 aliphatic carbocycles. The number of ketones is 1. The van der Waals surface area contributed by atoms with E-state index in [0.717, 1.165) is 5.56 Å². The Balaban J connectivity index is 2.19. The van der Waals surface area contributed by atoms with Crippen molar-refractivity contribution >= 4 is 5.78 Å². The summed E-state index contributed by atoms with van der Waals surface area (Å²) in [6, 6.07) is 9.67. The van der Waals surface area contributed by atoms with Crippen molar-refractivity contribution in [1.29, 1.82) is 0 Å². The van der Waals surface area contributed by atoms with Gasteiger partial charge in [0.05, 0.1) is 0 Å². The van der Waals surface area contributed by atoms with Crippen LogP contribution in [0.4, 0.5) is 0 Å². The minimum absolute atomic E-state index is 0.0618. The van der Waals surface area contributed by atoms with Crippen LogP contribution in [0, 0.1) is 0 Å². The average Bonchev–Trinajstić information content (AvgIpc) is 2.32. The van der Waals surface area contributed by atoms with E-state index in [2.05, 4.69) is 0 Å². The van der Waals surface area contributed by atoms with Gasteiger partial charge in [0.1, 0.15) is 6.10 Å². The fraction of sp³-hybridized carbons (Fsp3) is 0.308. The first-order valence-corrected chi connectivity index (χ1v) is 5.29. The monoisotopic (exact) mass is 218 g/mol. The summed E-state index contributed by atoms with van der Waals surface area (Å²) in [7, 11) is 0. The van der Waals surface area contributed by atoms with Gasteiger partial charge >= 0.3 is 0 Å². The SMILES string of the molecule is C[C@H](c1ccccc1)[C@H]1O[C@H](O)C=CC1=O. The van der Waals surface area contributed by atoms with Crippen LogP contribution in [0.5, 0.6) is 0 Å². The van der Waals surface area contributed by atoms with Crippen LogP contribution in [0.15, 0.2) is 42.5 Å². The van der Waals surface area contributed by atoms with E-state index in [1.807, 2.05) is 37.3 Å². The van der Waals surface area contributed by atoms with Gasteiger partial charge in [-0.05, 0) is 17.7 Å². The van der Waals surface area contributed by atoms with E-state index in [-0.39, 0.29) is 11.7 Å². The van der Waals surface area contributed by atoms with E-state index in [1.54, 1.807) is 0 Å². The Kier molecular flexibility index (Phi) is 3.17. The summed E-state index contributed by atoms with van der Waals surface area (Å²) in [4.78, 5) is 11.6. The number of carbonyl (C=O) groups excluding carboxylic acids is 1. The highest BCUT2D eigenvalue weighted by atomic mass is 16.6. The highest BCUT2D eigenvalue weighted by Gasteiger charge is 2.30. The average molecular weight is 218 g/mol. The number of ether oxygens (including phenoxy) is 1. The highest BCUT2D eigenvalue weighted by Crippen LogP contribution is 2.25. The molecule has 1 aliphatic rings. The molecule has 0 amide bonds. The molecule has 0 unspecified atom stereocenters. The lowest BCUT2D eigenvalue weighted by molar-refractivity contribution is -0.150. The van der Waals surface area contributed by atoms with E-state index >= 15 is 0 Å². The van der Waals surface area contributed by atoms with Crippen LogP contribution in [0.25, 0.3) is 0 Å². The van der Waals surface area contributed by atoms with Crippen molar-refractivity contribution in [3.63, 3.8) is 0 Å². The van der Waals surface area contributed by atoms with Crippen LogP contribution in [-0.4, -0.2) is 23.3 Å². The zero-order chi connectivity index (χ0) is 11.5. The van der Waals surface area contributed by atoms with Gasteiger partial charge in [-0.3, -0.25) is 4.79 Å². The first-order chi connectivity index (χ1) is 7.68. The Hall–Kier alpha value is -1.45. The van der Waals surface area contributed by atoms with Crippen molar-refractivity contribution < 1.29 is 14.6 Å². The van der Waals surface area contributed by atoms with Crippen molar-refractivity contribution in [1.82, 2.24) is 0 Å². The summed E-state index contributed by atoms with van der Waals surface area (Å²) < 4.78 is 5.23. The van der Waals surface area contributed by atoms with Crippen LogP contribution in [-0.2, 0) is 9.53 Å². The lowest BCUT2D eigenvalue weighted by atomic mass is 9.92. The first kappa shape index (κ1) is 11.0. The van der Waals surface area contributed by atoms with Crippen LogP contribution >= 0.6 is 0 Å². The Labute approximate surface area is 94.4 Å². The summed E-state index contributed by atoms with van der Waals surface area (Å²) in [5.74, 6) is -0.157. The van der Waals surface area contributed by atoms with Gasteiger partial charge in [0, 0.05) is 5.92 Å². The van der Waals surface area contributed by atoms with Crippen molar-refractivity contribution in [3.05, 3.63) is 48.0 Å². The molecule has 1 aliphatic heterocycles. The van der Waals surface area contributed by atoms with Crippen molar-refractivity contribution in [2.75, 3.05) is 0 Å². The van der Waals surface area contributed by atoms with Gasteiger partial charge in [-0.2, -0.15) is 0 Å². The maximum atomic E-state index is 11.6. The third-order valence-electron chi connectivity index (χ3n) is 2.77. The Morgan fingerprint density at radius 2 is 2.00 bits per heavy atom. The number of rotatable bonds is 2. The Morgan fingerprint density at radius 1 is 1.31 bits per heavy atom. The molecular formula is C13H14O3. The molecule has 0 fully saturated rings. The molecule has 0 saturated carbocycles. The molecule has 0 aromatic heterocycles. The highest BCUT2D eigenvalue weighted by molar-refractivity contribution is 5.95. The molecule has 0 radical (unpaired) electrons. The molecule has 3 atom stereocenters. The van der Waals surface area contributed by atoms with Crippen molar-refractivity contribution in [3.8, 4) is 0 Å². The molecule has 3 nitrogen and oxygen atoms in total. The van der Waals surface area contributed by atoms with E-state index in [0.29, 0.717) is 0 Å². The van der Waals surface area contributed by atoms with Crippen LogP contribution < -0.4 is 0 Å². The minimum Gasteiger partial charge on any atom is -0.365 e. The number of benzene rings is 1. The molecule has 1 heterocycles. The summed E-state index contributed by atoms with van der Waals surface area (Å²) in [6.45, 7) is 1.92. The maximum absolute atomic E-state index is 11.6. The lowest BCUT2D eigenvalue weighted by Crippen LogP contribution is -2.35. The molecule has 0 saturated heterocycles. The maximum Gasteiger partial charge on any atom is 0.184 e. The predicted octanol–water partition coefficient (Wildman–Crippen LogP) is 1.63. The van der Waals surface area contributed by atoms with Gasteiger partial charge in [0.2, 0.25) is 0 Å². The lowest BCUT2D eigenvalue weighted by Gasteiger charge is -2.26. The van der Waals surface area contributed by atoms with Crippen LogP contribution in [0.3, 0.4) is 0 Å². The van der Waals surface area contributed by atoms with Crippen molar-refractivity contribution in [2.45, 2.75) is 25.2 Å². The number of aliphatic hydroxyl groups excluding tert-OH is 1. The van der Waals surface area contributed by atoms with Gasteiger partial charge in [-0.1, -0.05) is 37.3 Å². The van der Waals surface area contributed by atoms with E-state index in [1.165, 1.54) is 12.2 Å². The minimum atomic E-state index is -0.978. The normalized spacial score (nSPS) is 26.8. The Morgan fingerprint density at radius 3 is 2.69 bits per heavy atom. The predicted molar refractivity (Wildman–Crippen MR) is 59.9 cm³/mol. The third-order valence-corrected chi connectivity index (χ3v) is 2.77. The standard InChI is InChI=1S/C13H14O3/c1-9(10-5-3-2-4-6-10)13-11(14)7-8-12(15)16-13/h2-9,12-13,15H,1H3/t9-,12+,13-/m1/s1. The summed E-state index contributed by atoms with van der Waals surface area (Å²) >= 11 is 0. The molecule has 1 aromatic rings. The second kappa shape index (κ2) is 4.60. The fourth-order valence-electron chi connectivity index (χ4n) is 1.83. The van der Waals surface area contributed by atoms with E-state index < -0.39 is 12.4 Å². The van der Waals surface area contributed by atoms with E-state index in [4.69, 9.17) is 4.74 Å². The number of aliphatic hydroxyl groups is 1. The van der Waals surface area contributed by atoms with Crippen LogP contribution in [0.1, 0.15) is 18.4 Å². The molecule has 0 bridgehead atoms. The van der Waals surface area contributed by atoms with Crippen molar-refractivity contribution in [2.24, 2.45) is 0 Å². The fourth-order valence-corrected chi connectivity index (χ4v) is 1.83.